The van der Waals surface area contributed by atoms with E-state index in [4.69, 9.17) is 16.2 Å². The zero-order valence-corrected chi connectivity index (χ0v) is 14.5. The van der Waals surface area contributed by atoms with Gasteiger partial charge in [0.25, 0.3) is 0 Å². The molecular formula is C16H26N6O4. The van der Waals surface area contributed by atoms with Crippen LogP contribution in [0.5, 0.6) is 0 Å². The van der Waals surface area contributed by atoms with Crippen LogP contribution in [0.1, 0.15) is 37.7 Å². The van der Waals surface area contributed by atoms with E-state index >= 15 is 0 Å². The van der Waals surface area contributed by atoms with Crippen molar-refractivity contribution in [3.8, 4) is 0 Å². The van der Waals surface area contributed by atoms with Crippen LogP contribution in [-0.4, -0.2) is 66.3 Å². The third-order valence-electron chi connectivity index (χ3n) is 4.70. The van der Waals surface area contributed by atoms with Crippen molar-refractivity contribution in [2.75, 3.05) is 18.9 Å². The van der Waals surface area contributed by atoms with Crippen molar-refractivity contribution < 1.29 is 20.1 Å². The van der Waals surface area contributed by atoms with Gasteiger partial charge in [0.05, 0.1) is 6.61 Å². The Bertz CT molecular complexity index is 739. The molecule has 4 atom stereocenters. The molecule has 2 unspecified atom stereocenters. The molecule has 0 radical (unpaired) electrons. The molecule has 0 saturated carbocycles. The van der Waals surface area contributed by atoms with Crippen LogP contribution in [0.4, 0.5) is 5.82 Å². The fourth-order valence-electron chi connectivity index (χ4n) is 3.29. The van der Waals surface area contributed by atoms with Crippen LogP contribution in [0, 0.1) is 0 Å². The van der Waals surface area contributed by atoms with Crippen molar-refractivity contribution in [3.63, 3.8) is 0 Å². The molecule has 1 fully saturated rings. The van der Waals surface area contributed by atoms with E-state index < -0.39 is 31.1 Å². The van der Waals surface area contributed by atoms with Gasteiger partial charge >= 0.3 is 0 Å². The Morgan fingerprint density at radius 2 is 1.88 bits per heavy atom. The van der Waals surface area contributed by atoms with Crippen molar-refractivity contribution in [1.82, 2.24) is 19.5 Å². The first-order valence-corrected chi connectivity index (χ1v) is 8.88. The highest BCUT2D eigenvalue weighted by molar-refractivity contribution is 5.81. The molecule has 3 rings (SSSR count). The summed E-state index contributed by atoms with van der Waals surface area (Å²) in [6.07, 6.45) is 1.66. The number of anilines is 1. The third-order valence-corrected chi connectivity index (χ3v) is 4.70. The molecule has 0 bridgehead atoms. The molecule has 0 aliphatic carbocycles. The largest absolute Gasteiger partial charge is 0.394 e. The van der Waals surface area contributed by atoms with Crippen LogP contribution < -0.4 is 11.5 Å². The number of nitrogens with zero attached hydrogens (tertiary/aromatic N) is 4. The summed E-state index contributed by atoms with van der Waals surface area (Å²) >= 11 is 0. The minimum absolute atomic E-state index is 0.241. The number of aromatic nitrogens is 4. The molecule has 26 heavy (non-hydrogen) atoms. The van der Waals surface area contributed by atoms with Gasteiger partial charge in [-0.25, -0.2) is 15.0 Å². The minimum atomic E-state index is -1.21. The molecule has 10 nitrogen and oxygen atoms in total. The van der Waals surface area contributed by atoms with Gasteiger partial charge in [0.15, 0.2) is 23.2 Å². The highest BCUT2D eigenvalue weighted by Crippen LogP contribution is 2.33. The molecule has 2 aromatic rings. The number of aliphatic hydroxyl groups excluding tert-OH is 3. The van der Waals surface area contributed by atoms with Crippen LogP contribution in [0.3, 0.4) is 0 Å². The van der Waals surface area contributed by atoms with E-state index in [-0.39, 0.29) is 5.82 Å². The number of nitrogens with two attached hydrogens (primary N) is 2. The lowest BCUT2D eigenvalue weighted by atomic mass is 10.1. The average molecular weight is 366 g/mol. The molecule has 7 N–H and O–H groups in total. The molecule has 0 spiro atoms. The maximum Gasteiger partial charge on any atom is 0.167 e. The normalized spacial score (nSPS) is 26.0. The van der Waals surface area contributed by atoms with E-state index in [0.717, 1.165) is 25.7 Å². The lowest BCUT2D eigenvalue weighted by Gasteiger charge is -2.19. The second-order valence-electron chi connectivity index (χ2n) is 6.51. The topological polar surface area (TPSA) is 166 Å². The Hall–Kier alpha value is -1.85. The molecule has 1 aliphatic rings. The van der Waals surface area contributed by atoms with E-state index in [1.165, 1.54) is 6.33 Å². The first kappa shape index (κ1) is 18.9. The molecule has 3 heterocycles. The summed E-state index contributed by atoms with van der Waals surface area (Å²) in [4.78, 5) is 12.7. The lowest BCUT2D eigenvalue weighted by molar-refractivity contribution is -0.0523. The van der Waals surface area contributed by atoms with Crippen LogP contribution in [0.2, 0.25) is 0 Å². The molecule has 144 valence electrons. The van der Waals surface area contributed by atoms with E-state index in [2.05, 4.69) is 15.0 Å². The SMILES string of the molecule is NCCCCCCc1nc2c(N)ncnc2n1[C@@H]1O[C@H](CO)C(O)C1O. The Morgan fingerprint density at radius 3 is 2.58 bits per heavy atom. The zero-order chi connectivity index (χ0) is 18.7. The summed E-state index contributed by atoms with van der Waals surface area (Å²) in [7, 11) is 0. The Morgan fingerprint density at radius 1 is 1.12 bits per heavy atom. The van der Waals surface area contributed by atoms with Gasteiger partial charge < -0.3 is 31.5 Å². The number of unbranched alkanes of at least 4 members (excludes halogenated alkanes) is 3. The first-order valence-electron chi connectivity index (χ1n) is 8.88. The van der Waals surface area contributed by atoms with E-state index in [0.29, 0.717) is 30.0 Å². The highest BCUT2D eigenvalue weighted by atomic mass is 16.6. The Kier molecular flexibility index (Phi) is 5.99. The molecule has 0 amide bonds. The fraction of sp³-hybridized carbons (Fsp3) is 0.688. The average Bonchev–Trinajstić information content (AvgIpc) is 3.14. The van der Waals surface area contributed by atoms with Gasteiger partial charge in [-0.05, 0) is 19.4 Å². The molecule has 1 aliphatic heterocycles. The van der Waals surface area contributed by atoms with Crippen LogP contribution in [0.25, 0.3) is 11.2 Å². The number of hydrogen-bond acceptors (Lipinski definition) is 9. The van der Waals surface area contributed by atoms with E-state index in [1.54, 1.807) is 4.57 Å². The van der Waals surface area contributed by atoms with Gasteiger partial charge in [0.2, 0.25) is 0 Å². The Labute approximate surface area is 150 Å². The number of aryl methyl sites for hydroxylation is 1. The van der Waals surface area contributed by atoms with Crippen molar-refractivity contribution in [2.24, 2.45) is 5.73 Å². The third kappa shape index (κ3) is 3.51. The smallest absolute Gasteiger partial charge is 0.167 e. The van der Waals surface area contributed by atoms with Gasteiger partial charge in [-0.1, -0.05) is 12.8 Å². The van der Waals surface area contributed by atoms with Gasteiger partial charge in [0.1, 0.15) is 30.5 Å². The first-order chi connectivity index (χ1) is 12.6. The van der Waals surface area contributed by atoms with Crippen molar-refractivity contribution in [2.45, 2.75) is 56.6 Å². The monoisotopic (exact) mass is 366 g/mol. The van der Waals surface area contributed by atoms with E-state index in [9.17, 15) is 15.3 Å². The summed E-state index contributed by atoms with van der Waals surface area (Å²) in [5.74, 6) is 0.889. The second-order valence-corrected chi connectivity index (χ2v) is 6.51. The van der Waals surface area contributed by atoms with Crippen molar-refractivity contribution >= 4 is 17.0 Å². The van der Waals surface area contributed by atoms with Gasteiger partial charge in [-0.2, -0.15) is 0 Å². The Balaban J connectivity index is 1.91. The number of ether oxygens (including phenoxy) is 1. The second kappa shape index (κ2) is 8.23. The quantitative estimate of drug-likeness (QED) is 0.371. The lowest BCUT2D eigenvalue weighted by Crippen LogP contribution is -2.33. The molecule has 1 saturated heterocycles. The molecule has 0 aromatic carbocycles. The molecule has 2 aromatic heterocycles. The number of hydrogen-bond donors (Lipinski definition) is 5. The standard InChI is InChI=1S/C16H26N6O4/c17-6-4-2-1-3-5-10-21-11-14(18)19-8-20-15(11)22(10)16-13(25)12(24)9(7-23)26-16/h8-9,12-13,16,23-25H,1-7,17H2,(H2,18,19,20)/t9-,12?,13?,16-/m1/s1. The molecule has 10 heteroatoms. The van der Waals surface area contributed by atoms with Gasteiger partial charge in [-0.15, -0.1) is 0 Å². The summed E-state index contributed by atoms with van der Waals surface area (Å²) in [5.41, 5.74) is 12.3. The van der Waals surface area contributed by atoms with Crippen molar-refractivity contribution in [1.29, 1.82) is 0 Å². The minimum Gasteiger partial charge on any atom is -0.394 e. The van der Waals surface area contributed by atoms with Gasteiger partial charge in [0, 0.05) is 6.42 Å². The molecular weight excluding hydrogens is 340 g/mol. The predicted octanol–water partition coefficient (Wildman–Crippen LogP) is -0.918. The fourth-order valence-corrected chi connectivity index (χ4v) is 3.29. The number of nitrogen functional groups attached to an aromatic ring is 1. The predicted molar refractivity (Wildman–Crippen MR) is 94.0 cm³/mol. The van der Waals surface area contributed by atoms with Crippen LogP contribution in [-0.2, 0) is 11.2 Å². The zero-order valence-electron chi connectivity index (χ0n) is 14.5. The summed E-state index contributed by atoms with van der Waals surface area (Å²) in [6, 6.07) is 0. The maximum absolute atomic E-state index is 10.4. The van der Waals surface area contributed by atoms with Gasteiger partial charge in [-0.3, -0.25) is 4.57 Å². The number of imidazole rings is 1. The number of rotatable bonds is 8. The summed E-state index contributed by atoms with van der Waals surface area (Å²) in [6.45, 7) is 0.278. The number of aliphatic hydroxyl groups is 3. The maximum atomic E-state index is 10.4. The van der Waals surface area contributed by atoms with Crippen LogP contribution in [0.15, 0.2) is 6.33 Å². The summed E-state index contributed by atoms with van der Waals surface area (Å²) in [5, 5.41) is 29.8. The van der Waals surface area contributed by atoms with E-state index in [1.807, 2.05) is 0 Å². The van der Waals surface area contributed by atoms with Crippen LogP contribution >= 0.6 is 0 Å². The van der Waals surface area contributed by atoms with Crippen molar-refractivity contribution in [3.05, 3.63) is 12.2 Å². The number of fused-ring (bicyclic) bond motifs is 1. The summed E-state index contributed by atoms with van der Waals surface area (Å²) < 4.78 is 7.32. The highest BCUT2D eigenvalue weighted by Gasteiger charge is 2.44.